The van der Waals surface area contributed by atoms with Crippen LogP contribution in [0.1, 0.15) is 24.6 Å². The highest BCUT2D eigenvalue weighted by atomic mass is 32.1. The van der Waals surface area contributed by atoms with Gasteiger partial charge >= 0.3 is 0 Å². The maximum absolute atomic E-state index is 2.27. The lowest BCUT2D eigenvalue weighted by atomic mass is 10.2. The van der Waals surface area contributed by atoms with E-state index in [1.807, 2.05) is 11.3 Å². The molecule has 0 nitrogen and oxygen atoms in total. The van der Waals surface area contributed by atoms with Crippen LogP contribution in [-0.4, -0.2) is 0 Å². The molecule has 0 atom stereocenters. The van der Waals surface area contributed by atoms with Crippen LogP contribution < -0.4 is 0 Å². The molecule has 0 spiro atoms. The topological polar surface area (TPSA) is 0 Å². The molecule has 0 bridgehead atoms. The summed E-state index contributed by atoms with van der Waals surface area (Å²) >= 11 is 1.93. The molecule has 1 heteroatoms. The molecule has 2 rings (SSSR count). The van der Waals surface area contributed by atoms with Crippen molar-refractivity contribution in [2.24, 2.45) is 0 Å². The minimum atomic E-state index is 1.23. The fourth-order valence-corrected chi connectivity index (χ4v) is 2.68. The summed E-state index contributed by atoms with van der Waals surface area (Å²) in [6.07, 6.45) is 3.81. The van der Waals surface area contributed by atoms with Gasteiger partial charge in [-0.05, 0) is 30.5 Å². The maximum Gasteiger partial charge on any atom is 0.0345 e. The molecule has 15 heavy (non-hydrogen) atoms. The number of benzene rings is 1. The lowest BCUT2D eigenvalue weighted by Crippen LogP contribution is -1.76. The van der Waals surface area contributed by atoms with Gasteiger partial charge in [-0.25, -0.2) is 0 Å². The average Bonchev–Trinajstić information content (AvgIpc) is 2.76. The monoisotopic (exact) mass is 216 g/mol. The lowest BCUT2D eigenvalue weighted by Gasteiger charge is -1.95. The highest BCUT2D eigenvalue weighted by Crippen LogP contribution is 2.28. The first kappa shape index (κ1) is 10.4. The Kier molecular flexibility index (Phi) is 3.57. The Morgan fingerprint density at radius 1 is 1.00 bits per heavy atom. The van der Waals surface area contributed by atoms with E-state index < -0.39 is 0 Å². The summed E-state index contributed by atoms with van der Waals surface area (Å²) in [5, 5.41) is 0. The summed E-state index contributed by atoms with van der Waals surface area (Å²) in [7, 11) is 0. The predicted octanol–water partition coefficient (Wildman–Crippen LogP) is 4.76. The lowest BCUT2D eigenvalue weighted by molar-refractivity contribution is 0.804. The van der Waals surface area contributed by atoms with E-state index in [4.69, 9.17) is 0 Å². The molecule has 78 valence electrons. The summed E-state index contributed by atoms with van der Waals surface area (Å²) in [6, 6.07) is 15.1. The van der Waals surface area contributed by atoms with E-state index in [9.17, 15) is 0 Å². The fraction of sp³-hybridized carbons (Fsp3) is 0.286. The normalized spacial score (nSPS) is 10.5. The van der Waals surface area contributed by atoms with Gasteiger partial charge in [0, 0.05) is 9.75 Å². The van der Waals surface area contributed by atoms with Crippen molar-refractivity contribution >= 4 is 11.3 Å². The zero-order valence-corrected chi connectivity index (χ0v) is 9.89. The molecule has 0 radical (unpaired) electrons. The Hall–Kier alpha value is -1.08. The van der Waals surface area contributed by atoms with Gasteiger partial charge in [0.15, 0.2) is 0 Å². The second-order valence-electron chi connectivity index (χ2n) is 3.74. The third kappa shape index (κ3) is 2.69. The summed E-state index contributed by atoms with van der Waals surface area (Å²) < 4.78 is 0. The van der Waals surface area contributed by atoms with E-state index in [2.05, 4.69) is 49.4 Å². The van der Waals surface area contributed by atoms with E-state index in [0.29, 0.717) is 0 Å². The van der Waals surface area contributed by atoms with Crippen molar-refractivity contribution in [2.75, 3.05) is 0 Å². The molecular weight excluding hydrogens is 200 g/mol. The van der Waals surface area contributed by atoms with Crippen LogP contribution in [0.5, 0.6) is 0 Å². The third-order valence-corrected chi connectivity index (χ3v) is 3.69. The second kappa shape index (κ2) is 5.13. The van der Waals surface area contributed by atoms with Gasteiger partial charge in [0.05, 0.1) is 0 Å². The van der Waals surface area contributed by atoms with Crippen LogP contribution in [0.3, 0.4) is 0 Å². The molecule has 0 unspecified atom stereocenters. The quantitative estimate of drug-likeness (QED) is 0.691. The summed E-state index contributed by atoms with van der Waals surface area (Å²) in [4.78, 5) is 2.90. The number of rotatable bonds is 4. The van der Waals surface area contributed by atoms with Crippen LogP contribution in [0.15, 0.2) is 42.5 Å². The zero-order chi connectivity index (χ0) is 10.5. The van der Waals surface area contributed by atoms with Gasteiger partial charge in [-0.15, -0.1) is 11.3 Å². The first-order valence-electron chi connectivity index (χ1n) is 5.54. The number of hydrogen-bond donors (Lipinski definition) is 0. The van der Waals surface area contributed by atoms with Crippen molar-refractivity contribution in [1.29, 1.82) is 0 Å². The van der Waals surface area contributed by atoms with E-state index >= 15 is 0 Å². The molecule has 0 saturated heterocycles. The van der Waals surface area contributed by atoms with Crippen LogP contribution in [0, 0.1) is 0 Å². The van der Waals surface area contributed by atoms with Gasteiger partial charge in [-0.2, -0.15) is 0 Å². The molecule has 1 heterocycles. The molecule has 0 aliphatic carbocycles. The molecule has 2 aromatic rings. The molecule has 0 N–H and O–H groups in total. The second-order valence-corrected chi connectivity index (χ2v) is 4.90. The smallest absolute Gasteiger partial charge is 0.0345 e. The van der Waals surface area contributed by atoms with Gasteiger partial charge in [0.2, 0.25) is 0 Å². The van der Waals surface area contributed by atoms with E-state index in [1.165, 1.54) is 34.6 Å². The molecule has 0 aliphatic rings. The first-order valence-corrected chi connectivity index (χ1v) is 6.36. The number of thiophene rings is 1. The SMILES string of the molecule is CCCCc1ccc(-c2ccccc2)s1. The minimum Gasteiger partial charge on any atom is -0.140 e. The summed E-state index contributed by atoms with van der Waals surface area (Å²) in [5.74, 6) is 0. The van der Waals surface area contributed by atoms with Crippen molar-refractivity contribution in [3.8, 4) is 10.4 Å². The van der Waals surface area contributed by atoms with E-state index in [1.54, 1.807) is 0 Å². The van der Waals surface area contributed by atoms with Crippen LogP contribution in [-0.2, 0) is 6.42 Å². The van der Waals surface area contributed by atoms with Crippen molar-refractivity contribution in [2.45, 2.75) is 26.2 Å². The number of hydrogen-bond acceptors (Lipinski definition) is 1. The van der Waals surface area contributed by atoms with E-state index in [0.717, 1.165) is 0 Å². The van der Waals surface area contributed by atoms with Gasteiger partial charge in [-0.3, -0.25) is 0 Å². The standard InChI is InChI=1S/C14H16S/c1-2-3-9-13-10-11-14(15-13)12-7-5-4-6-8-12/h4-8,10-11H,2-3,9H2,1H3. The van der Waals surface area contributed by atoms with Gasteiger partial charge < -0.3 is 0 Å². The molecule has 0 amide bonds. The van der Waals surface area contributed by atoms with Crippen molar-refractivity contribution in [1.82, 2.24) is 0 Å². The van der Waals surface area contributed by atoms with Gasteiger partial charge in [0.1, 0.15) is 0 Å². The molecular formula is C14H16S. The Labute approximate surface area is 95.6 Å². The van der Waals surface area contributed by atoms with Crippen molar-refractivity contribution in [3.05, 3.63) is 47.3 Å². The maximum atomic E-state index is 2.27. The molecule has 1 aromatic carbocycles. The zero-order valence-electron chi connectivity index (χ0n) is 9.07. The highest BCUT2D eigenvalue weighted by Gasteiger charge is 2.01. The largest absolute Gasteiger partial charge is 0.140 e. The van der Waals surface area contributed by atoms with E-state index in [-0.39, 0.29) is 0 Å². The third-order valence-electron chi connectivity index (χ3n) is 2.50. The van der Waals surface area contributed by atoms with Crippen molar-refractivity contribution < 1.29 is 0 Å². The van der Waals surface area contributed by atoms with Crippen molar-refractivity contribution in [3.63, 3.8) is 0 Å². The summed E-state index contributed by atoms with van der Waals surface area (Å²) in [5.41, 5.74) is 1.34. The van der Waals surface area contributed by atoms with Crippen LogP contribution in [0.25, 0.3) is 10.4 Å². The minimum absolute atomic E-state index is 1.23. The molecule has 0 fully saturated rings. The Morgan fingerprint density at radius 2 is 1.80 bits per heavy atom. The van der Waals surface area contributed by atoms with Crippen LogP contribution >= 0.6 is 11.3 Å². The van der Waals surface area contributed by atoms with Crippen LogP contribution in [0.4, 0.5) is 0 Å². The highest BCUT2D eigenvalue weighted by molar-refractivity contribution is 7.15. The fourth-order valence-electron chi connectivity index (χ4n) is 1.62. The molecule has 1 aromatic heterocycles. The molecule has 0 saturated carbocycles. The average molecular weight is 216 g/mol. The van der Waals surface area contributed by atoms with Gasteiger partial charge in [0.25, 0.3) is 0 Å². The predicted molar refractivity (Wildman–Crippen MR) is 68.4 cm³/mol. The first-order chi connectivity index (χ1) is 7.40. The Bertz CT molecular complexity index is 400. The van der Waals surface area contributed by atoms with Crippen LogP contribution in [0.2, 0.25) is 0 Å². The Balaban J connectivity index is 2.14. The Morgan fingerprint density at radius 3 is 2.53 bits per heavy atom. The number of unbranched alkanes of at least 4 members (excludes halogenated alkanes) is 1. The van der Waals surface area contributed by atoms with Gasteiger partial charge in [-0.1, -0.05) is 43.7 Å². The summed E-state index contributed by atoms with van der Waals surface area (Å²) in [6.45, 7) is 2.24. The number of aryl methyl sites for hydroxylation is 1. The molecule has 0 aliphatic heterocycles.